The third-order valence-electron chi connectivity index (χ3n) is 7.61. The lowest BCUT2D eigenvalue weighted by atomic mass is 10.0. The second-order valence-corrected chi connectivity index (χ2v) is 11.3. The van der Waals surface area contributed by atoms with Crippen LogP contribution in [0.3, 0.4) is 0 Å². The number of hydrogen-bond acceptors (Lipinski definition) is 8. The molecule has 0 saturated carbocycles. The fourth-order valence-electron chi connectivity index (χ4n) is 5.00. The predicted octanol–water partition coefficient (Wildman–Crippen LogP) is 6.16. The van der Waals surface area contributed by atoms with E-state index in [0.717, 1.165) is 51.4 Å². The van der Waals surface area contributed by atoms with Gasteiger partial charge in [-0.25, -0.2) is 4.79 Å². The molecular weight excluding hydrogens is 562 g/mol. The van der Waals surface area contributed by atoms with Crippen LogP contribution in [-0.4, -0.2) is 72.9 Å². The molecule has 0 bridgehead atoms. The maximum Gasteiger partial charge on any atom is 0.351 e. The van der Waals surface area contributed by atoms with E-state index in [0.29, 0.717) is 45.0 Å². The smallest absolute Gasteiger partial charge is 0.351 e. The van der Waals surface area contributed by atoms with Crippen LogP contribution in [0.25, 0.3) is 0 Å². The fourth-order valence-corrected chi connectivity index (χ4v) is 5.00. The molecule has 10 heteroatoms. The molecule has 1 aliphatic rings. The maximum absolute atomic E-state index is 13.4. The van der Waals surface area contributed by atoms with Crippen molar-refractivity contribution in [3.63, 3.8) is 0 Å². The molecule has 3 rings (SSSR count). The Labute approximate surface area is 262 Å². The van der Waals surface area contributed by atoms with E-state index in [1.165, 1.54) is 4.57 Å². The summed E-state index contributed by atoms with van der Waals surface area (Å²) in [6, 6.07) is 10.4. The summed E-state index contributed by atoms with van der Waals surface area (Å²) in [5.74, 6) is -0.167. The number of anilines is 1. The summed E-state index contributed by atoms with van der Waals surface area (Å²) in [5.41, 5.74) is -0.0561. The molecule has 1 N–H and O–H groups in total. The first-order valence-corrected chi connectivity index (χ1v) is 16.6. The van der Waals surface area contributed by atoms with Crippen molar-refractivity contribution in [3.8, 4) is 0 Å². The Hall–Kier alpha value is -2.63. The quantitative estimate of drug-likeness (QED) is 0.177. The highest BCUT2D eigenvalue weighted by molar-refractivity contribution is 6.03. The van der Waals surface area contributed by atoms with Gasteiger partial charge in [0.15, 0.2) is 0 Å². The Bertz CT molecular complexity index is 1130. The van der Waals surface area contributed by atoms with Crippen molar-refractivity contribution in [2.45, 2.75) is 116 Å². The van der Waals surface area contributed by atoms with Gasteiger partial charge in [-0.1, -0.05) is 71.6 Å². The Morgan fingerprint density at radius 2 is 1.48 bits per heavy atom. The molecule has 246 valence electrons. The minimum absolute atomic E-state index is 0.172. The zero-order chi connectivity index (χ0) is 31.6. The molecule has 0 spiro atoms. The number of nitrogens with zero attached hydrogens (tertiary/aromatic N) is 2. The number of carbonyl (C=O) groups excluding carboxylic acids is 1. The van der Waals surface area contributed by atoms with Crippen molar-refractivity contribution < 1.29 is 28.5 Å². The molecule has 0 radical (unpaired) electrons. The predicted molar refractivity (Wildman–Crippen MR) is 171 cm³/mol. The summed E-state index contributed by atoms with van der Waals surface area (Å²) < 4.78 is 33.8. The van der Waals surface area contributed by atoms with E-state index in [9.17, 15) is 9.59 Å². The Morgan fingerprint density at radius 3 is 2.11 bits per heavy atom. The molecule has 2 heterocycles. The average Bonchev–Trinajstić information content (AvgIpc) is 3.17. The first kappa shape index (κ1) is 35.8. The molecule has 1 fully saturated rings. The van der Waals surface area contributed by atoms with Crippen molar-refractivity contribution in [1.82, 2.24) is 9.55 Å². The molecule has 44 heavy (non-hydrogen) atoms. The highest BCUT2D eigenvalue weighted by Crippen LogP contribution is 2.32. The normalized spacial score (nSPS) is 22.0. The van der Waals surface area contributed by atoms with Crippen LogP contribution in [0.15, 0.2) is 47.4 Å². The second kappa shape index (κ2) is 20.4. The Morgan fingerprint density at radius 1 is 0.864 bits per heavy atom. The summed E-state index contributed by atoms with van der Waals surface area (Å²) in [7, 11) is 0. The van der Waals surface area contributed by atoms with Crippen LogP contribution in [-0.2, 0) is 23.7 Å². The number of aromatic nitrogens is 2. The van der Waals surface area contributed by atoms with Gasteiger partial charge in [0.1, 0.15) is 30.4 Å². The van der Waals surface area contributed by atoms with Gasteiger partial charge in [-0.2, -0.15) is 4.98 Å². The van der Waals surface area contributed by atoms with Crippen molar-refractivity contribution in [2.24, 2.45) is 0 Å². The summed E-state index contributed by atoms with van der Waals surface area (Å²) in [6.45, 7) is 11.1. The minimum atomic E-state index is -0.697. The lowest BCUT2D eigenvalue weighted by Crippen LogP contribution is -2.49. The van der Waals surface area contributed by atoms with Crippen LogP contribution in [0.2, 0.25) is 0 Å². The van der Waals surface area contributed by atoms with Gasteiger partial charge in [-0.3, -0.25) is 9.36 Å². The van der Waals surface area contributed by atoms with Gasteiger partial charge >= 0.3 is 5.69 Å². The lowest BCUT2D eigenvalue weighted by Gasteiger charge is -2.34. The standard InChI is InChI=1S/C34H53N3O7/c1-5-9-20-40-25-28-32(43-23-12-8-4)31(42-22-11-7-3)27(41-21-10-6-2)24-30(44-28)37-19-18-29(36-34(37)39)35-33(38)26-16-14-13-15-17-26/h13-19,27-28,30-32H,5-12,20-25H2,1-4H3,(H,35,36,38,39)/t27-,28+,30-,31+,32+/m0/s1. The van der Waals surface area contributed by atoms with Crippen LogP contribution in [0.4, 0.5) is 5.82 Å². The van der Waals surface area contributed by atoms with Crippen molar-refractivity contribution in [3.05, 3.63) is 58.6 Å². The molecule has 5 atom stereocenters. The van der Waals surface area contributed by atoms with Crippen molar-refractivity contribution >= 4 is 11.7 Å². The van der Waals surface area contributed by atoms with Gasteiger partial charge in [0.25, 0.3) is 5.91 Å². The molecule has 1 aliphatic heterocycles. The topological polar surface area (TPSA) is 110 Å². The van der Waals surface area contributed by atoms with Crippen LogP contribution < -0.4 is 11.0 Å². The van der Waals surface area contributed by atoms with E-state index < -0.39 is 30.2 Å². The Balaban J connectivity index is 1.93. The third-order valence-corrected chi connectivity index (χ3v) is 7.61. The highest BCUT2D eigenvalue weighted by atomic mass is 16.6. The zero-order valence-electron chi connectivity index (χ0n) is 27.1. The molecule has 1 amide bonds. The van der Waals surface area contributed by atoms with Gasteiger partial charge in [-0.15, -0.1) is 0 Å². The van der Waals surface area contributed by atoms with E-state index in [2.05, 4.69) is 38.0 Å². The number of amides is 1. The molecule has 1 saturated heterocycles. The fraction of sp³-hybridized carbons (Fsp3) is 0.676. The van der Waals surface area contributed by atoms with Gasteiger partial charge in [0.05, 0.1) is 12.7 Å². The summed E-state index contributed by atoms with van der Waals surface area (Å²) >= 11 is 0. The minimum Gasteiger partial charge on any atom is -0.379 e. The van der Waals surface area contributed by atoms with Crippen LogP contribution in [0.1, 0.15) is 102 Å². The first-order chi connectivity index (χ1) is 21.5. The number of benzene rings is 1. The number of ether oxygens (including phenoxy) is 5. The van der Waals surface area contributed by atoms with Crippen molar-refractivity contribution in [1.29, 1.82) is 0 Å². The van der Waals surface area contributed by atoms with Crippen molar-refractivity contribution in [2.75, 3.05) is 38.4 Å². The lowest BCUT2D eigenvalue weighted by molar-refractivity contribution is -0.176. The molecule has 0 unspecified atom stereocenters. The van der Waals surface area contributed by atoms with Gasteiger partial charge in [-0.05, 0) is 43.9 Å². The average molecular weight is 616 g/mol. The number of rotatable bonds is 20. The van der Waals surface area contributed by atoms with Crippen LogP contribution in [0.5, 0.6) is 0 Å². The molecule has 1 aromatic heterocycles. The molecule has 2 aromatic rings. The van der Waals surface area contributed by atoms with Gasteiger partial charge in [0.2, 0.25) is 0 Å². The monoisotopic (exact) mass is 615 g/mol. The van der Waals surface area contributed by atoms with E-state index in [-0.39, 0.29) is 17.8 Å². The molecular formula is C34H53N3O7. The SMILES string of the molecule is CCCCOC[C@H]1O[C@H](n2ccc(NC(=O)c3ccccc3)nc2=O)C[C@H](OCCCC)[C@@H](OCCCC)[C@@H]1OCCCC. The van der Waals surface area contributed by atoms with E-state index >= 15 is 0 Å². The largest absolute Gasteiger partial charge is 0.379 e. The third kappa shape index (κ3) is 11.4. The van der Waals surface area contributed by atoms with Crippen LogP contribution in [0, 0.1) is 0 Å². The molecule has 0 aliphatic carbocycles. The van der Waals surface area contributed by atoms with Gasteiger partial charge < -0.3 is 29.0 Å². The maximum atomic E-state index is 13.4. The summed E-state index contributed by atoms with van der Waals surface area (Å²) in [5, 5.41) is 2.72. The number of unbranched alkanes of at least 4 members (excludes halogenated alkanes) is 4. The number of hydrogen-bond donors (Lipinski definition) is 1. The van der Waals surface area contributed by atoms with E-state index in [4.69, 9.17) is 23.7 Å². The highest BCUT2D eigenvalue weighted by Gasteiger charge is 2.44. The summed E-state index contributed by atoms with van der Waals surface area (Å²) in [4.78, 5) is 30.3. The number of nitrogens with one attached hydrogen (secondary N) is 1. The first-order valence-electron chi connectivity index (χ1n) is 16.6. The van der Waals surface area contributed by atoms with E-state index in [1.807, 2.05) is 6.07 Å². The van der Waals surface area contributed by atoms with E-state index in [1.54, 1.807) is 36.5 Å². The van der Waals surface area contributed by atoms with Crippen LogP contribution >= 0.6 is 0 Å². The molecule has 1 aromatic carbocycles. The Kier molecular flexibility index (Phi) is 16.6. The zero-order valence-corrected chi connectivity index (χ0v) is 27.1. The number of carbonyl (C=O) groups is 1. The molecule has 10 nitrogen and oxygen atoms in total. The second-order valence-electron chi connectivity index (χ2n) is 11.3. The summed E-state index contributed by atoms with van der Waals surface area (Å²) in [6.07, 6.45) is 7.29. The van der Waals surface area contributed by atoms with Gasteiger partial charge in [0, 0.05) is 44.6 Å².